The lowest BCUT2D eigenvalue weighted by molar-refractivity contribution is 0.311. The molecule has 0 bridgehead atoms. The summed E-state index contributed by atoms with van der Waals surface area (Å²) in [6, 6.07) is 4.13. The number of anilines is 1. The minimum atomic E-state index is 0.744. The van der Waals surface area contributed by atoms with Crippen LogP contribution in [0.1, 0.15) is 24.0 Å². The van der Waals surface area contributed by atoms with Crippen molar-refractivity contribution in [1.82, 2.24) is 14.9 Å². The molecule has 0 aliphatic carbocycles. The van der Waals surface area contributed by atoms with Crippen LogP contribution < -0.4 is 5.32 Å². The van der Waals surface area contributed by atoms with Gasteiger partial charge in [-0.1, -0.05) is 0 Å². The van der Waals surface area contributed by atoms with E-state index in [4.69, 9.17) is 0 Å². The Morgan fingerprint density at radius 2 is 2.10 bits per heavy atom. The van der Waals surface area contributed by atoms with E-state index in [0.717, 1.165) is 37.0 Å². The Labute approximate surface area is 132 Å². The number of nitrogens with zero attached hydrogens (tertiary/aromatic N) is 3. The summed E-state index contributed by atoms with van der Waals surface area (Å²) < 4.78 is 1.17. The van der Waals surface area contributed by atoms with Gasteiger partial charge in [0.1, 0.15) is 11.6 Å². The summed E-state index contributed by atoms with van der Waals surface area (Å²) in [4.78, 5) is 11.3. The second kappa shape index (κ2) is 7.15. The van der Waals surface area contributed by atoms with E-state index in [1.807, 2.05) is 13.0 Å². The third kappa shape index (κ3) is 4.54. The van der Waals surface area contributed by atoms with Crippen LogP contribution in [0.5, 0.6) is 0 Å². The van der Waals surface area contributed by atoms with Gasteiger partial charge >= 0.3 is 0 Å². The first kappa shape index (κ1) is 15.4. The quantitative estimate of drug-likeness (QED) is 0.858. The van der Waals surface area contributed by atoms with E-state index in [1.165, 1.54) is 9.35 Å². The molecule has 0 saturated heterocycles. The fourth-order valence-corrected chi connectivity index (χ4v) is 3.21. The minimum Gasteiger partial charge on any atom is -0.370 e. The SMILES string of the molecule is CCNc1cc(C)nc(CN(C)Cc2csc(Br)c2)n1. The largest absolute Gasteiger partial charge is 0.370 e. The summed E-state index contributed by atoms with van der Waals surface area (Å²) in [6.07, 6.45) is 0. The Balaban J connectivity index is 2.01. The van der Waals surface area contributed by atoms with Crippen molar-refractivity contribution in [1.29, 1.82) is 0 Å². The van der Waals surface area contributed by atoms with E-state index in [0.29, 0.717) is 0 Å². The van der Waals surface area contributed by atoms with E-state index in [2.05, 4.69) is 61.5 Å². The fourth-order valence-electron chi connectivity index (χ4n) is 2.01. The molecule has 6 heteroatoms. The van der Waals surface area contributed by atoms with E-state index >= 15 is 0 Å². The van der Waals surface area contributed by atoms with Gasteiger partial charge in [-0.25, -0.2) is 9.97 Å². The van der Waals surface area contributed by atoms with Crippen molar-refractivity contribution in [3.05, 3.63) is 38.4 Å². The summed E-state index contributed by atoms with van der Waals surface area (Å²) >= 11 is 5.21. The molecule has 0 spiro atoms. The van der Waals surface area contributed by atoms with Crippen LogP contribution in [0.2, 0.25) is 0 Å². The molecule has 0 aliphatic heterocycles. The summed E-state index contributed by atoms with van der Waals surface area (Å²) in [7, 11) is 2.09. The smallest absolute Gasteiger partial charge is 0.144 e. The zero-order valence-corrected chi connectivity index (χ0v) is 14.4. The van der Waals surface area contributed by atoms with Crippen molar-refractivity contribution in [2.24, 2.45) is 0 Å². The van der Waals surface area contributed by atoms with Crippen molar-refractivity contribution in [2.75, 3.05) is 18.9 Å². The summed E-state index contributed by atoms with van der Waals surface area (Å²) in [5.41, 5.74) is 2.31. The number of nitrogens with one attached hydrogen (secondary N) is 1. The van der Waals surface area contributed by atoms with Crippen molar-refractivity contribution in [3.8, 4) is 0 Å². The van der Waals surface area contributed by atoms with Gasteiger partial charge in [-0.3, -0.25) is 4.90 Å². The first-order valence-electron chi connectivity index (χ1n) is 6.56. The molecular formula is C14H19BrN4S. The molecule has 0 unspecified atom stereocenters. The van der Waals surface area contributed by atoms with Gasteiger partial charge < -0.3 is 5.32 Å². The van der Waals surface area contributed by atoms with Gasteiger partial charge in [0.15, 0.2) is 0 Å². The molecule has 20 heavy (non-hydrogen) atoms. The average molecular weight is 355 g/mol. The van der Waals surface area contributed by atoms with E-state index in [9.17, 15) is 0 Å². The molecule has 0 aromatic carbocycles. The van der Waals surface area contributed by atoms with Crippen LogP contribution in [0, 0.1) is 6.92 Å². The highest BCUT2D eigenvalue weighted by atomic mass is 79.9. The summed E-state index contributed by atoms with van der Waals surface area (Å²) in [5.74, 6) is 1.76. The van der Waals surface area contributed by atoms with E-state index in [1.54, 1.807) is 11.3 Å². The van der Waals surface area contributed by atoms with Crippen LogP contribution in [0.4, 0.5) is 5.82 Å². The standard InChI is InChI=1S/C14H19BrN4S/c1-4-16-13-5-10(2)17-14(18-13)8-19(3)7-11-6-12(15)20-9-11/h5-6,9H,4,7-8H2,1-3H3,(H,16,17,18). The molecule has 0 radical (unpaired) electrons. The molecule has 2 aromatic heterocycles. The highest BCUT2D eigenvalue weighted by molar-refractivity contribution is 9.11. The predicted molar refractivity (Wildman–Crippen MR) is 88.1 cm³/mol. The number of aryl methyl sites for hydroxylation is 1. The Bertz CT molecular complexity index is 570. The Morgan fingerprint density at radius 3 is 2.75 bits per heavy atom. The minimum absolute atomic E-state index is 0.744. The topological polar surface area (TPSA) is 41.1 Å². The normalized spacial score (nSPS) is 11.1. The first-order chi connectivity index (χ1) is 9.56. The lowest BCUT2D eigenvalue weighted by atomic mass is 10.3. The fraction of sp³-hybridized carbons (Fsp3) is 0.429. The predicted octanol–water partition coefficient (Wildman–Crippen LogP) is 3.67. The highest BCUT2D eigenvalue weighted by Gasteiger charge is 2.07. The molecule has 0 saturated carbocycles. The molecule has 0 fully saturated rings. The summed E-state index contributed by atoms with van der Waals surface area (Å²) in [5, 5.41) is 5.41. The molecule has 0 atom stereocenters. The van der Waals surface area contributed by atoms with Crippen LogP contribution in [-0.4, -0.2) is 28.5 Å². The molecule has 2 rings (SSSR count). The highest BCUT2D eigenvalue weighted by Crippen LogP contribution is 2.21. The van der Waals surface area contributed by atoms with Gasteiger partial charge in [0.25, 0.3) is 0 Å². The lowest BCUT2D eigenvalue weighted by Crippen LogP contribution is -2.19. The van der Waals surface area contributed by atoms with Gasteiger partial charge in [-0.15, -0.1) is 11.3 Å². The number of halogens is 1. The molecule has 108 valence electrons. The molecule has 2 aromatic rings. The van der Waals surface area contributed by atoms with Gasteiger partial charge in [-0.05, 0) is 53.8 Å². The monoisotopic (exact) mass is 354 g/mol. The van der Waals surface area contributed by atoms with Crippen molar-refractivity contribution in [2.45, 2.75) is 26.9 Å². The number of thiophene rings is 1. The maximum Gasteiger partial charge on any atom is 0.144 e. The first-order valence-corrected chi connectivity index (χ1v) is 8.24. The van der Waals surface area contributed by atoms with Crippen molar-refractivity contribution in [3.63, 3.8) is 0 Å². The molecule has 2 heterocycles. The maximum absolute atomic E-state index is 4.54. The number of hydrogen-bond donors (Lipinski definition) is 1. The molecular weight excluding hydrogens is 336 g/mol. The van der Waals surface area contributed by atoms with Crippen LogP contribution in [0.3, 0.4) is 0 Å². The molecule has 4 nitrogen and oxygen atoms in total. The third-order valence-corrected chi connectivity index (χ3v) is 4.30. The van der Waals surface area contributed by atoms with Crippen LogP contribution >= 0.6 is 27.3 Å². The van der Waals surface area contributed by atoms with Crippen LogP contribution in [0.15, 0.2) is 21.3 Å². The van der Waals surface area contributed by atoms with Gasteiger partial charge in [0.2, 0.25) is 0 Å². The Hall–Kier alpha value is -0.980. The molecule has 0 amide bonds. The molecule has 0 aliphatic rings. The van der Waals surface area contributed by atoms with Gasteiger partial charge in [0.05, 0.1) is 10.3 Å². The van der Waals surface area contributed by atoms with Crippen LogP contribution in [0.25, 0.3) is 0 Å². The van der Waals surface area contributed by atoms with Gasteiger partial charge in [0, 0.05) is 24.8 Å². The second-order valence-corrected chi connectivity index (χ2v) is 7.06. The van der Waals surface area contributed by atoms with Gasteiger partial charge in [-0.2, -0.15) is 0 Å². The van der Waals surface area contributed by atoms with Crippen molar-refractivity contribution >= 4 is 33.1 Å². The second-order valence-electron chi connectivity index (χ2n) is 4.77. The third-order valence-electron chi connectivity index (χ3n) is 2.74. The maximum atomic E-state index is 4.54. The molecule has 1 N–H and O–H groups in total. The number of aromatic nitrogens is 2. The number of rotatable bonds is 6. The van der Waals surface area contributed by atoms with Crippen molar-refractivity contribution < 1.29 is 0 Å². The zero-order chi connectivity index (χ0) is 14.5. The lowest BCUT2D eigenvalue weighted by Gasteiger charge is -2.15. The Kier molecular flexibility index (Phi) is 5.51. The van der Waals surface area contributed by atoms with Crippen LogP contribution in [-0.2, 0) is 13.1 Å². The number of hydrogen-bond acceptors (Lipinski definition) is 5. The Morgan fingerprint density at radius 1 is 1.30 bits per heavy atom. The average Bonchev–Trinajstić information content (AvgIpc) is 2.74. The van der Waals surface area contributed by atoms with E-state index < -0.39 is 0 Å². The van der Waals surface area contributed by atoms with E-state index in [-0.39, 0.29) is 0 Å². The zero-order valence-electron chi connectivity index (χ0n) is 12.0. The summed E-state index contributed by atoms with van der Waals surface area (Å²) in [6.45, 7) is 6.58.